The van der Waals surface area contributed by atoms with Crippen LogP contribution in [-0.2, 0) is 4.79 Å². The van der Waals surface area contributed by atoms with Gasteiger partial charge in [-0.15, -0.1) is 21.5 Å². The van der Waals surface area contributed by atoms with Gasteiger partial charge in [0, 0.05) is 11.6 Å². The molecule has 10 nitrogen and oxygen atoms in total. The Labute approximate surface area is 162 Å². The van der Waals surface area contributed by atoms with Crippen molar-refractivity contribution in [1.29, 1.82) is 0 Å². The van der Waals surface area contributed by atoms with Crippen LogP contribution in [0.2, 0.25) is 0 Å². The minimum atomic E-state index is -0.204. The molecule has 0 spiro atoms. The molecule has 0 radical (unpaired) electrons. The molecule has 2 aromatic heterocycles. The largest absolute Gasteiger partial charge is 0.497 e. The number of hydrazone groups is 1. The molecule has 3 rings (SSSR count). The number of thiazole rings is 1. The van der Waals surface area contributed by atoms with Gasteiger partial charge in [0.2, 0.25) is 11.1 Å². The highest BCUT2D eigenvalue weighted by Gasteiger charge is 2.12. The predicted octanol–water partition coefficient (Wildman–Crippen LogP) is 1.63. The number of benzene rings is 1. The molecule has 0 aliphatic heterocycles. The van der Waals surface area contributed by atoms with Crippen molar-refractivity contribution in [2.75, 3.05) is 29.4 Å². The van der Waals surface area contributed by atoms with Crippen LogP contribution in [0.15, 0.2) is 46.1 Å². The third-order valence-electron chi connectivity index (χ3n) is 3.17. The number of nitrogens with two attached hydrogens (primary N) is 1. The number of aromatic nitrogens is 4. The van der Waals surface area contributed by atoms with Crippen molar-refractivity contribution in [3.05, 3.63) is 41.4 Å². The van der Waals surface area contributed by atoms with E-state index >= 15 is 0 Å². The molecule has 2 heterocycles. The predicted molar refractivity (Wildman–Crippen MR) is 106 cm³/mol. The molecule has 12 heteroatoms. The summed E-state index contributed by atoms with van der Waals surface area (Å²) in [6.45, 7) is 0. The van der Waals surface area contributed by atoms with Crippen LogP contribution in [0.4, 0.5) is 11.1 Å². The van der Waals surface area contributed by atoms with Crippen LogP contribution in [-0.4, -0.2) is 44.8 Å². The van der Waals surface area contributed by atoms with Gasteiger partial charge in [0.1, 0.15) is 5.75 Å². The summed E-state index contributed by atoms with van der Waals surface area (Å²) in [5.41, 5.74) is 3.59. The lowest BCUT2D eigenvalue weighted by Crippen LogP contribution is -2.16. The monoisotopic (exact) mass is 404 g/mol. The molecule has 140 valence electrons. The Kier molecular flexibility index (Phi) is 6.22. The second-order valence-electron chi connectivity index (χ2n) is 4.99. The van der Waals surface area contributed by atoms with E-state index in [0.29, 0.717) is 10.3 Å². The fraction of sp³-hybridized carbons (Fsp3) is 0.133. The van der Waals surface area contributed by atoms with Crippen LogP contribution in [0, 0.1) is 0 Å². The van der Waals surface area contributed by atoms with Gasteiger partial charge < -0.3 is 15.9 Å². The van der Waals surface area contributed by atoms with Crippen LogP contribution in [0.1, 0.15) is 5.56 Å². The van der Waals surface area contributed by atoms with Crippen LogP contribution in [0.5, 0.6) is 5.75 Å². The molecular formula is C15H16N8O2S2. The van der Waals surface area contributed by atoms with Gasteiger partial charge in [-0.1, -0.05) is 11.8 Å². The first kappa shape index (κ1) is 18.7. The van der Waals surface area contributed by atoms with Gasteiger partial charge in [-0.2, -0.15) is 5.10 Å². The Morgan fingerprint density at radius 2 is 2.22 bits per heavy atom. The summed E-state index contributed by atoms with van der Waals surface area (Å²) < 4.78 is 6.33. The zero-order valence-electron chi connectivity index (χ0n) is 14.2. The van der Waals surface area contributed by atoms with E-state index in [1.165, 1.54) is 16.0 Å². The van der Waals surface area contributed by atoms with Gasteiger partial charge in [0.15, 0.2) is 5.13 Å². The maximum absolute atomic E-state index is 11.9. The standard InChI is InChI=1S/C15H16N8O2S2/c1-25-11-4-2-10(3-5-11)8-18-20-13-21-22-15(23(13)16)27-9-12(24)19-14-17-6-7-26-14/h2-8H,9,16H2,1H3,(H,20,21)(H,17,19,24)/b18-8+. The molecule has 1 aromatic carbocycles. The number of amides is 1. The molecule has 0 unspecified atom stereocenters. The number of hydrogen-bond donors (Lipinski definition) is 3. The zero-order valence-corrected chi connectivity index (χ0v) is 15.8. The fourth-order valence-corrected chi connectivity index (χ4v) is 3.08. The Hall–Kier alpha value is -3.12. The van der Waals surface area contributed by atoms with Crippen molar-refractivity contribution in [2.24, 2.45) is 5.10 Å². The molecule has 0 saturated heterocycles. The summed E-state index contributed by atoms with van der Waals surface area (Å²) in [6, 6.07) is 7.38. The summed E-state index contributed by atoms with van der Waals surface area (Å²) in [4.78, 5) is 15.9. The second kappa shape index (κ2) is 9.00. The molecule has 4 N–H and O–H groups in total. The van der Waals surface area contributed by atoms with Gasteiger partial charge in [-0.3, -0.25) is 4.79 Å². The number of ether oxygens (including phenoxy) is 1. The minimum absolute atomic E-state index is 0.129. The van der Waals surface area contributed by atoms with E-state index in [9.17, 15) is 4.79 Å². The van der Waals surface area contributed by atoms with Crippen molar-refractivity contribution >= 4 is 46.3 Å². The number of carbonyl (C=O) groups is 1. The number of nitrogen functional groups attached to an aromatic ring is 1. The first-order valence-electron chi connectivity index (χ1n) is 7.61. The third-order valence-corrected chi connectivity index (χ3v) is 4.80. The highest BCUT2D eigenvalue weighted by atomic mass is 32.2. The van der Waals surface area contributed by atoms with E-state index in [0.717, 1.165) is 23.1 Å². The van der Waals surface area contributed by atoms with E-state index in [1.807, 2.05) is 24.3 Å². The van der Waals surface area contributed by atoms with Crippen molar-refractivity contribution in [3.63, 3.8) is 0 Å². The summed E-state index contributed by atoms with van der Waals surface area (Å²) in [7, 11) is 1.61. The normalized spacial score (nSPS) is 10.9. The summed E-state index contributed by atoms with van der Waals surface area (Å²) in [5.74, 6) is 6.86. The Morgan fingerprint density at radius 3 is 2.93 bits per heavy atom. The van der Waals surface area contributed by atoms with Gasteiger partial charge in [0.25, 0.3) is 5.95 Å². The van der Waals surface area contributed by atoms with Crippen molar-refractivity contribution in [2.45, 2.75) is 5.16 Å². The van der Waals surface area contributed by atoms with E-state index in [2.05, 4.69) is 31.0 Å². The maximum atomic E-state index is 11.9. The molecule has 0 fully saturated rings. The van der Waals surface area contributed by atoms with E-state index in [-0.39, 0.29) is 17.6 Å². The quantitative estimate of drug-likeness (QED) is 0.223. The van der Waals surface area contributed by atoms with E-state index < -0.39 is 0 Å². The van der Waals surface area contributed by atoms with Crippen LogP contribution in [0.3, 0.4) is 0 Å². The third kappa shape index (κ3) is 5.18. The first-order valence-corrected chi connectivity index (χ1v) is 9.48. The smallest absolute Gasteiger partial charge is 0.264 e. The molecule has 0 aliphatic rings. The first-order chi connectivity index (χ1) is 13.2. The fourth-order valence-electron chi connectivity index (χ4n) is 1.88. The lowest BCUT2D eigenvalue weighted by atomic mass is 10.2. The molecule has 0 saturated carbocycles. The van der Waals surface area contributed by atoms with Gasteiger partial charge in [-0.05, 0) is 29.8 Å². The van der Waals surface area contributed by atoms with Crippen molar-refractivity contribution in [1.82, 2.24) is 19.9 Å². The lowest BCUT2D eigenvalue weighted by Gasteiger charge is -2.03. The number of carbonyl (C=O) groups excluding carboxylic acids is 1. The average Bonchev–Trinajstić information content (AvgIpc) is 3.31. The Morgan fingerprint density at radius 1 is 1.41 bits per heavy atom. The number of anilines is 2. The van der Waals surface area contributed by atoms with Gasteiger partial charge in [-0.25, -0.2) is 15.1 Å². The highest BCUT2D eigenvalue weighted by molar-refractivity contribution is 7.99. The maximum Gasteiger partial charge on any atom is 0.264 e. The van der Waals surface area contributed by atoms with Gasteiger partial charge >= 0.3 is 0 Å². The Bertz CT molecular complexity index is 909. The zero-order chi connectivity index (χ0) is 19.1. The SMILES string of the molecule is COc1ccc(/C=N/Nc2nnc(SCC(=O)Nc3nccs3)n2N)cc1. The van der Waals surface area contributed by atoms with Crippen molar-refractivity contribution < 1.29 is 9.53 Å². The topological polar surface area (TPSA) is 132 Å². The number of methoxy groups -OCH3 is 1. The molecular weight excluding hydrogens is 388 g/mol. The molecule has 0 aliphatic carbocycles. The number of hydrogen-bond acceptors (Lipinski definition) is 10. The lowest BCUT2D eigenvalue weighted by molar-refractivity contribution is -0.113. The van der Waals surface area contributed by atoms with Gasteiger partial charge in [0.05, 0.1) is 19.1 Å². The minimum Gasteiger partial charge on any atom is -0.497 e. The molecule has 0 bridgehead atoms. The number of nitrogens with zero attached hydrogens (tertiary/aromatic N) is 5. The summed E-state index contributed by atoms with van der Waals surface area (Å²) >= 11 is 2.50. The molecule has 1 amide bonds. The molecule has 3 aromatic rings. The molecule has 27 heavy (non-hydrogen) atoms. The van der Waals surface area contributed by atoms with Crippen LogP contribution in [0.25, 0.3) is 0 Å². The van der Waals surface area contributed by atoms with Crippen molar-refractivity contribution in [3.8, 4) is 5.75 Å². The van der Waals surface area contributed by atoms with E-state index in [4.69, 9.17) is 10.6 Å². The Balaban J connectivity index is 1.51. The van der Waals surface area contributed by atoms with E-state index in [1.54, 1.807) is 24.9 Å². The summed E-state index contributed by atoms with van der Waals surface area (Å²) in [5, 5.41) is 17.3. The van der Waals surface area contributed by atoms with Crippen LogP contribution >= 0.6 is 23.1 Å². The number of rotatable bonds is 8. The average molecular weight is 404 g/mol. The van der Waals surface area contributed by atoms with Crippen LogP contribution < -0.4 is 21.3 Å². The molecule has 0 atom stereocenters. The highest BCUT2D eigenvalue weighted by Crippen LogP contribution is 2.18. The second-order valence-corrected chi connectivity index (χ2v) is 6.83. The summed E-state index contributed by atoms with van der Waals surface area (Å²) in [6.07, 6.45) is 3.23. The number of nitrogens with one attached hydrogen (secondary N) is 2. The number of thioether (sulfide) groups is 1.